The molecular formula is C18H26ClN3O3. The number of guanidine groups is 1. The molecule has 6 nitrogen and oxygen atoms in total. The summed E-state index contributed by atoms with van der Waals surface area (Å²) in [5, 5.41) is 4.00. The second-order valence-electron chi connectivity index (χ2n) is 6.16. The fourth-order valence-corrected chi connectivity index (χ4v) is 3.06. The van der Waals surface area contributed by atoms with E-state index >= 15 is 0 Å². The number of hydrogen-bond acceptors (Lipinski definition) is 4. The number of carbonyl (C=O) groups excluding carboxylic acids is 1. The topological polar surface area (TPSA) is 63.2 Å². The first-order valence-corrected chi connectivity index (χ1v) is 8.78. The number of nitrogens with zero attached hydrogens (tertiary/aromatic N) is 2. The van der Waals surface area contributed by atoms with Crippen molar-refractivity contribution in [3.63, 3.8) is 0 Å². The average molecular weight is 368 g/mol. The van der Waals surface area contributed by atoms with Gasteiger partial charge in [-0.05, 0) is 23.6 Å². The van der Waals surface area contributed by atoms with E-state index in [9.17, 15) is 4.79 Å². The lowest BCUT2D eigenvalue weighted by molar-refractivity contribution is -0.145. The molecule has 2 atom stereocenters. The van der Waals surface area contributed by atoms with Gasteiger partial charge in [-0.3, -0.25) is 9.79 Å². The van der Waals surface area contributed by atoms with Crippen molar-refractivity contribution < 1.29 is 14.3 Å². The van der Waals surface area contributed by atoms with Crippen LogP contribution in [0.15, 0.2) is 29.3 Å². The minimum absolute atomic E-state index is 0.107. The smallest absolute Gasteiger partial charge is 0.310 e. The summed E-state index contributed by atoms with van der Waals surface area (Å²) in [5.41, 5.74) is 1.09. The van der Waals surface area contributed by atoms with Crippen molar-refractivity contribution in [1.82, 2.24) is 10.2 Å². The third-order valence-corrected chi connectivity index (χ3v) is 4.59. The molecule has 1 fully saturated rings. The number of ether oxygens (including phenoxy) is 2. The van der Waals surface area contributed by atoms with Crippen molar-refractivity contribution in [3.8, 4) is 0 Å². The molecule has 2 rings (SSSR count). The maximum absolute atomic E-state index is 11.8. The highest BCUT2D eigenvalue weighted by molar-refractivity contribution is 6.30. The van der Waals surface area contributed by atoms with E-state index < -0.39 is 0 Å². The summed E-state index contributed by atoms with van der Waals surface area (Å²) in [7, 11) is 3.18. The number of likely N-dealkylation sites (tertiary alicyclic amines) is 1. The summed E-state index contributed by atoms with van der Waals surface area (Å²) in [6.07, 6.45) is 0. The van der Waals surface area contributed by atoms with Gasteiger partial charge in [-0.25, -0.2) is 0 Å². The van der Waals surface area contributed by atoms with Crippen molar-refractivity contribution in [1.29, 1.82) is 0 Å². The van der Waals surface area contributed by atoms with Crippen LogP contribution in [0.3, 0.4) is 0 Å². The van der Waals surface area contributed by atoms with E-state index in [4.69, 9.17) is 21.1 Å². The van der Waals surface area contributed by atoms with Crippen molar-refractivity contribution in [2.75, 3.05) is 40.4 Å². The lowest BCUT2D eigenvalue weighted by Gasteiger charge is -2.21. The van der Waals surface area contributed by atoms with Gasteiger partial charge in [-0.1, -0.05) is 30.7 Å². The lowest BCUT2D eigenvalue weighted by atomic mass is 9.99. The molecular weight excluding hydrogens is 342 g/mol. The quantitative estimate of drug-likeness (QED) is 0.361. The van der Waals surface area contributed by atoms with Crippen LogP contribution in [0.1, 0.15) is 12.5 Å². The number of hydrogen-bond donors (Lipinski definition) is 1. The third kappa shape index (κ3) is 5.61. The zero-order chi connectivity index (χ0) is 18.2. The molecule has 0 amide bonds. The molecule has 0 aliphatic carbocycles. The van der Waals surface area contributed by atoms with Crippen molar-refractivity contribution in [2.24, 2.45) is 16.8 Å². The van der Waals surface area contributed by atoms with E-state index in [2.05, 4.69) is 22.1 Å². The Morgan fingerprint density at radius 1 is 1.36 bits per heavy atom. The number of esters is 1. The maximum atomic E-state index is 11.8. The van der Waals surface area contributed by atoms with Gasteiger partial charge in [0.1, 0.15) is 0 Å². The van der Waals surface area contributed by atoms with Gasteiger partial charge in [0.05, 0.1) is 26.2 Å². The molecule has 138 valence electrons. The second kappa shape index (κ2) is 9.63. The van der Waals surface area contributed by atoms with Crippen LogP contribution in [0.5, 0.6) is 0 Å². The van der Waals surface area contributed by atoms with Gasteiger partial charge in [-0.15, -0.1) is 0 Å². The van der Waals surface area contributed by atoms with Crippen LogP contribution >= 0.6 is 11.6 Å². The van der Waals surface area contributed by atoms with Crippen molar-refractivity contribution in [3.05, 3.63) is 34.9 Å². The second-order valence-corrected chi connectivity index (χ2v) is 6.60. The zero-order valence-corrected chi connectivity index (χ0v) is 15.8. The Morgan fingerprint density at radius 2 is 2.08 bits per heavy atom. The molecule has 2 unspecified atom stereocenters. The van der Waals surface area contributed by atoms with E-state index in [1.807, 2.05) is 24.3 Å². The van der Waals surface area contributed by atoms with Crippen molar-refractivity contribution >= 4 is 23.5 Å². The summed E-state index contributed by atoms with van der Waals surface area (Å²) >= 11 is 5.86. The summed E-state index contributed by atoms with van der Waals surface area (Å²) in [6.45, 7) is 5.22. The Labute approximate surface area is 154 Å². The highest BCUT2D eigenvalue weighted by Crippen LogP contribution is 2.23. The lowest BCUT2D eigenvalue weighted by Crippen LogP contribution is -2.41. The predicted molar refractivity (Wildman–Crippen MR) is 98.7 cm³/mol. The minimum atomic E-state index is -0.156. The summed E-state index contributed by atoms with van der Waals surface area (Å²) in [4.78, 5) is 18.2. The van der Waals surface area contributed by atoms with Gasteiger partial charge < -0.3 is 19.7 Å². The van der Waals surface area contributed by atoms with Crippen molar-refractivity contribution in [2.45, 2.75) is 13.5 Å². The molecule has 0 bridgehead atoms. The molecule has 1 aliphatic heterocycles. The Balaban J connectivity index is 1.72. The fraction of sp³-hybridized carbons (Fsp3) is 0.556. The number of halogens is 1. The monoisotopic (exact) mass is 367 g/mol. The molecule has 0 aromatic heterocycles. The molecule has 1 aliphatic rings. The Hall–Kier alpha value is -1.79. The van der Waals surface area contributed by atoms with Gasteiger partial charge in [0.15, 0.2) is 5.96 Å². The van der Waals surface area contributed by atoms with Gasteiger partial charge in [0.2, 0.25) is 0 Å². The highest BCUT2D eigenvalue weighted by atomic mass is 35.5. The van der Waals surface area contributed by atoms with E-state index in [-0.39, 0.29) is 17.8 Å². The van der Waals surface area contributed by atoms with E-state index in [0.29, 0.717) is 26.3 Å². The molecule has 1 heterocycles. The Morgan fingerprint density at radius 3 is 2.72 bits per heavy atom. The normalized spacial score (nSPS) is 20.6. The SMILES string of the molecule is CN=C(NCCOCc1ccc(Cl)cc1)N1CC(C)C(C(=O)OC)C1. The Kier molecular flexibility index (Phi) is 7.52. The fourth-order valence-electron chi connectivity index (χ4n) is 2.94. The Bertz CT molecular complexity index is 592. The molecule has 7 heteroatoms. The first-order valence-electron chi connectivity index (χ1n) is 8.40. The standard InChI is InChI=1S/C18H26ClN3O3/c1-13-10-22(11-16(13)17(23)24-3)18(20-2)21-8-9-25-12-14-4-6-15(19)7-5-14/h4-7,13,16H,8-12H2,1-3H3,(H,20,21). The number of rotatable bonds is 6. The molecule has 1 aromatic rings. The molecule has 0 radical (unpaired) electrons. The summed E-state index contributed by atoms with van der Waals surface area (Å²) in [6, 6.07) is 7.61. The van der Waals surface area contributed by atoms with E-state index in [1.165, 1.54) is 7.11 Å². The van der Waals surface area contributed by atoms with E-state index in [0.717, 1.165) is 23.1 Å². The molecule has 0 saturated carbocycles. The number of benzene rings is 1. The number of carbonyl (C=O) groups is 1. The van der Waals surface area contributed by atoms with Crippen LogP contribution in [0, 0.1) is 11.8 Å². The molecule has 1 saturated heterocycles. The minimum Gasteiger partial charge on any atom is -0.469 e. The molecule has 1 N–H and O–H groups in total. The van der Waals surface area contributed by atoms with Crippen LogP contribution < -0.4 is 5.32 Å². The summed E-state index contributed by atoms with van der Waals surface area (Å²) in [5.74, 6) is 0.766. The predicted octanol–water partition coefficient (Wildman–Crippen LogP) is 2.17. The van der Waals surface area contributed by atoms with Gasteiger partial charge in [0, 0.05) is 31.7 Å². The zero-order valence-electron chi connectivity index (χ0n) is 15.0. The maximum Gasteiger partial charge on any atom is 0.310 e. The van der Waals surface area contributed by atoms with Gasteiger partial charge >= 0.3 is 5.97 Å². The first kappa shape index (κ1) is 19.5. The molecule has 0 spiro atoms. The van der Waals surface area contributed by atoms with Gasteiger partial charge in [-0.2, -0.15) is 0 Å². The molecule has 1 aromatic carbocycles. The molecule has 25 heavy (non-hydrogen) atoms. The highest BCUT2D eigenvalue weighted by Gasteiger charge is 2.36. The first-order chi connectivity index (χ1) is 12.0. The third-order valence-electron chi connectivity index (χ3n) is 4.34. The summed E-state index contributed by atoms with van der Waals surface area (Å²) < 4.78 is 10.5. The largest absolute Gasteiger partial charge is 0.469 e. The number of nitrogens with one attached hydrogen (secondary N) is 1. The van der Waals surface area contributed by atoms with Crippen LogP contribution in [0.2, 0.25) is 5.02 Å². The number of methoxy groups -OCH3 is 1. The average Bonchev–Trinajstić information content (AvgIpc) is 3.00. The van der Waals surface area contributed by atoms with Gasteiger partial charge in [0.25, 0.3) is 0 Å². The van der Waals surface area contributed by atoms with Crippen LogP contribution in [-0.2, 0) is 20.9 Å². The number of aliphatic imine (C=N–C) groups is 1. The van der Waals surface area contributed by atoms with E-state index in [1.54, 1.807) is 7.05 Å². The van der Waals surface area contributed by atoms with Crippen LogP contribution in [-0.4, -0.2) is 57.2 Å². The van der Waals surface area contributed by atoms with Crippen LogP contribution in [0.4, 0.5) is 0 Å². The van der Waals surface area contributed by atoms with Crippen LogP contribution in [0.25, 0.3) is 0 Å².